The molecule has 0 amide bonds. The summed E-state index contributed by atoms with van der Waals surface area (Å²) in [7, 11) is 5.17. The maximum Gasteiger partial charge on any atom is 0.291 e. The average molecular weight is 561 g/mol. The molecule has 216 valence electrons. The third-order valence-electron chi connectivity index (χ3n) is 5.93. The van der Waals surface area contributed by atoms with Crippen LogP contribution in [0.25, 0.3) is 0 Å². The first-order valence-electron chi connectivity index (χ1n) is 13.6. The average Bonchev–Trinajstić information content (AvgIpc) is 3.14. The number of ether oxygens (including phenoxy) is 1. The predicted octanol–water partition coefficient (Wildman–Crippen LogP) is 7.22. The third kappa shape index (κ3) is 14.2. The van der Waals surface area contributed by atoms with Crippen molar-refractivity contribution in [2.45, 2.75) is 64.0 Å². The first-order chi connectivity index (χ1) is 18.7. The van der Waals surface area contributed by atoms with E-state index in [1.165, 1.54) is 9.24 Å². The Balaban J connectivity index is 2.77. The Morgan fingerprint density at radius 2 is 1.97 bits per heavy atom. The van der Waals surface area contributed by atoms with Crippen molar-refractivity contribution in [2.24, 2.45) is 10.7 Å². The molecule has 1 atom stereocenters. The zero-order chi connectivity index (χ0) is 29.1. The molecule has 0 saturated heterocycles. The molecule has 1 aliphatic carbocycles. The minimum atomic E-state index is -2.92. The first kappa shape index (κ1) is 34.1. The number of rotatable bonds is 19. The fourth-order valence-electron chi connectivity index (χ4n) is 3.85. The normalized spacial score (nSPS) is 15.3. The van der Waals surface area contributed by atoms with E-state index in [9.17, 15) is 8.78 Å². The van der Waals surface area contributed by atoms with Crippen LogP contribution in [0.5, 0.6) is 0 Å². The molecule has 0 bridgehead atoms. The highest BCUT2D eigenvalue weighted by molar-refractivity contribution is 7.18. The van der Waals surface area contributed by atoms with E-state index in [1.807, 2.05) is 56.6 Å². The van der Waals surface area contributed by atoms with Gasteiger partial charge in [0.15, 0.2) is 6.61 Å². The van der Waals surface area contributed by atoms with Crippen LogP contribution in [0.3, 0.4) is 0 Å². The van der Waals surface area contributed by atoms with Crippen LogP contribution >= 0.6 is 9.24 Å². The zero-order valence-electron chi connectivity index (χ0n) is 23.9. The molecule has 0 spiro atoms. The molecule has 8 heteroatoms. The molecule has 1 aliphatic rings. The van der Waals surface area contributed by atoms with Crippen LogP contribution in [-0.4, -0.2) is 38.6 Å². The van der Waals surface area contributed by atoms with E-state index in [0.29, 0.717) is 36.5 Å². The fourth-order valence-corrected chi connectivity index (χ4v) is 3.93. The van der Waals surface area contributed by atoms with Gasteiger partial charge in [0.25, 0.3) is 5.66 Å². The molecule has 1 rings (SSSR count). The number of hydrogen-bond donors (Lipinski definition) is 3. The van der Waals surface area contributed by atoms with Crippen LogP contribution in [0.1, 0.15) is 58.3 Å². The van der Waals surface area contributed by atoms with Gasteiger partial charge in [-0.15, -0.1) is 6.58 Å². The Hall–Kier alpha value is -2.92. The molecular formula is C31H47F2N4OP. The third-order valence-corrected chi connectivity index (χ3v) is 6.10. The van der Waals surface area contributed by atoms with Gasteiger partial charge < -0.3 is 21.1 Å². The largest absolute Gasteiger partial charge is 0.491 e. The van der Waals surface area contributed by atoms with Gasteiger partial charge in [-0.25, -0.2) is 0 Å². The zero-order valence-corrected chi connectivity index (χ0v) is 25.0. The van der Waals surface area contributed by atoms with Gasteiger partial charge in [0.1, 0.15) is 11.5 Å². The van der Waals surface area contributed by atoms with E-state index in [-0.39, 0.29) is 0 Å². The van der Waals surface area contributed by atoms with Crippen LogP contribution in [-0.2, 0) is 4.74 Å². The van der Waals surface area contributed by atoms with Crippen molar-refractivity contribution in [3.05, 3.63) is 95.8 Å². The molecule has 1 unspecified atom stereocenters. The molecule has 0 aromatic carbocycles. The Labute approximate surface area is 236 Å². The summed E-state index contributed by atoms with van der Waals surface area (Å²) in [5.74, 6) is 0.573. The van der Waals surface area contributed by atoms with Crippen molar-refractivity contribution in [3.8, 4) is 0 Å². The van der Waals surface area contributed by atoms with Gasteiger partial charge in [0.05, 0.1) is 17.1 Å². The molecule has 4 N–H and O–H groups in total. The Bertz CT molecular complexity index is 1010. The van der Waals surface area contributed by atoms with Crippen LogP contribution in [0, 0.1) is 0 Å². The number of allylic oxidation sites excluding steroid dienone is 10. The molecule has 0 fully saturated rings. The van der Waals surface area contributed by atoms with Crippen molar-refractivity contribution in [2.75, 3.05) is 27.2 Å². The lowest BCUT2D eigenvalue weighted by molar-refractivity contribution is 0.0167. The molecule has 0 aromatic heterocycles. The lowest BCUT2D eigenvalue weighted by atomic mass is 10.0. The molecule has 0 saturated carbocycles. The number of hydrogen-bond acceptors (Lipinski definition) is 5. The highest BCUT2D eigenvalue weighted by Crippen LogP contribution is 2.25. The molecule has 0 heterocycles. The number of halogens is 2. The second-order valence-corrected chi connectivity index (χ2v) is 10.1. The van der Waals surface area contributed by atoms with Gasteiger partial charge in [0, 0.05) is 27.1 Å². The molecule has 5 nitrogen and oxygen atoms in total. The molecule has 39 heavy (non-hydrogen) atoms. The van der Waals surface area contributed by atoms with Gasteiger partial charge in [-0.3, -0.25) is 4.99 Å². The monoisotopic (exact) mass is 560 g/mol. The molecule has 0 radical (unpaired) electrons. The van der Waals surface area contributed by atoms with Crippen LogP contribution in [0.2, 0.25) is 0 Å². The molecule has 0 aromatic rings. The maximum absolute atomic E-state index is 13.1. The van der Waals surface area contributed by atoms with Crippen molar-refractivity contribution < 1.29 is 13.5 Å². The SMILES string of the molecule is C=CC/C(=C\C=C/CC)C(N)=C(NC)C(=NCCCCCCC1=CC=CCC(OCC(F)(F)P)=C1)C(=C)NC. The summed E-state index contributed by atoms with van der Waals surface area (Å²) in [4.78, 5) is 4.85. The minimum absolute atomic E-state index is 0.521. The summed E-state index contributed by atoms with van der Waals surface area (Å²) < 4.78 is 31.5. The Morgan fingerprint density at radius 1 is 1.23 bits per heavy atom. The van der Waals surface area contributed by atoms with Gasteiger partial charge >= 0.3 is 0 Å². The second-order valence-electron chi connectivity index (χ2n) is 9.22. The topological polar surface area (TPSA) is 71.7 Å². The standard InChI is InChI=1S/C31H47F2N4OP/c1-6-8-11-19-26(16-7-2)28(34)30(36-5)29(24(3)35-4)37-21-15-10-9-12-17-25-18-13-14-20-27(22-25)38-23-31(32,33)39/h7-8,11,13-14,18-19,22,35-36H,2-3,6,9-10,12,15-17,20-21,23,34,39H2,1,4-5H3/b11-8-,26-19+,30-28?,37-29?. The number of nitrogens with zero attached hydrogens (tertiary/aromatic N) is 1. The van der Waals surface area contributed by atoms with E-state index in [0.717, 1.165) is 61.1 Å². The summed E-state index contributed by atoms with van der Waals surface area (Å²) >= 11 is 0. The summed E-state index contributed by atoms with van der Waals surface area (Å²) in [6.07, 6.45) is 22.7. The van der Waals surface area contributed by atoms with Gasteiger partial charge in [0.2, 0.25) is 0 Å². The summed E-state index contributed by atoms with van der Waals surface area (Å²) in [5.41, 5.74) is 8.50. The quantitative estimate of drug-likeness (QED) is 0.0513. The van der Waals surface area contributed by atoms with Gasteiger partial charge in [-0.2, -0.15) is 8.78 Å². The van der Waals surface area contributed by atoms with Crippen LogP contribution in [0.4, 0.5) is 8.78 Å². The number of unbranched alkanes of at least 4 members (excludes halogenated alkanes) is 3. The van der Waals surface area contributed by atoms with Crippen molar-refractivity contribution >= 4 is 15.0 Å². The number of alkyl halides is 2. The number of nitrogens with two attached hydrogens (primary N) is 1. The van der Waals surface area contributed by atoms with E-state index < -0.39 is 12.3 Å². The lowest BCUT2D eigenvalue weighted by Gasteiger charge is -2.18. The highest BCUT2D eigenvalue weighted by atomic mass is 31.0. The van der Waals surface area contributed by atoms with E-state index in [4.69, 9.17) is 15.5 Å². The molecular weight excluding hydrogens is 513 g/mol. The summed E-state index contributed by atoms with van der Waals surface area (Å²) in [5, 5.41) is 6.33. The van der Waals surface area contributed by atoms with Gasteiger partial charge in [-0.05, 0) is 49.3 Å². The summed E-state index contributed by atoms with van der Waals surface area (Å²) in [6, 6.07) is 0. The van der Waals surface area contributed by atoms with Crippen molar-refractivity contribution in [3.63, 3.8) is 0 Å². The number of aliphatic imine (C=N–C) groups is 1. The summed E-state index contributed by atoms with van der Waals surface area (Å²) in [6.45, 7) is 10.1. The maximum atomic E-state index is 13.1. The van der Waals surface area contributed by atoms with Crippen LogP contribution in [0.15, 0.2) is 101 Å². The lowest BCUT2D eigenvalue weighted by Crippen LogP contribution is -2.28. The van der Waals surface area contributed by atoms with E-state index >= 15 is 0 Å². The van der Waals surface area contributed by atoms with E-state index in [1.54, 1.807) is 0 Å². The number of nitrogens with one attached hydrogen (secondary N) is 2. The Morgan fingerprint density at radius 3 is 2.62 bits per heavy atom. The predicted molar refractivity (Wildman–Crippen MR) is 167 cm³/mol. The highest BCUT2D eigenvalue weighted by Gasteiger charge is 2.22. The van der Waals surface area contributed by atoms with Gasteiger partial charge in [-0.1, -0.05) is 78.1 Å². The minimum Gasteiger partial charge on any atom is -0.491 e. The Kier molecular flexibility index (Phi) is 16.8. The first-order valence-corrected chi connectivity index (χ1v) is 14.2. The van der Waals surface area contributed by atoms with Crippen LogP contribution < -0.4 is 16.4 Å². The van der Waals surface area contributed by atoms with Crippen molar-refractivity contribution in [1.82, 2.24) is 10.6 Å². The smallest absolute Gasteiger partial charge is 0.291 e. The van der Waals surface area contributed by atoms with E-state index in [2.05, 4.69) is 36.8 Å². The van der Waals surface area contributed by atoms with Crippen molar-refractivity contribution in [1.29, 1.82) is 0 Å². The second kappa shape index (κ2) is 19.2. The fraction of sp³-hybridized carbons (Fsp3) is 0.452. The molecule has 0 aliphatic heterocycles.